The van der Waals surface area contributed by atoms with Gasteiger partial charge in [0.1, 0.15) is 0 Å². The molecule has 1 aliphatic carbocycles. The largest absolute Gasteiger partial charge is 1.00 e. The zero-order chi connectivity index (χ0) is 6.48. The molecule has 0 amide bonds. The molecule has 2 unspecified atom stereocenters. The van der Waals surface area contributed by atoms with Crippen molar-refractivity contribution in [2.45, 2.75) is 31.5 Å². The summed E-state index contributed by atoms with van der Waals surface area (Å²) >= 11 is 0. The molecule has 2 rings (SSSR count). The maximum atomic E-state index is 10.9. The first kappa shape index (κ1) is 8.20. The number of epoxide rings is 1. The summed E-state index contributed by atoms with van der Waals surface area (Å²) in [6.45, 7) is 2.00. The van der Waals surface area contributed by atoms with Crippen molar-refractivity contribution in [2.24, 2.45) is 0 Å². The van der Waals surface area contributed by atoms with Crippen LogP contribution in [0.25, 0.3) is 0 Å². The van der Waals surface area contributed by atoms with Gasteiger partial charge in [0.05, 0.1) is 11.7 Å². The van der Waals surface area contributed by atoms with E-state index in [9.17, 15) is 5.11 Å². The zero-order valence-electron chi connectivity index (χ0n) is 6.39. The quantitative estimate of drug-likeness (QED) is 0.263. The standard InChI is InChI=1S/C7H10O2.Li/c1-7-4-2-3-5(8)6(7)9-7;/h3,6,8H,2,4H2,1H3;/q;+1/p-1. The molecular weight excluding hydrogens is 123 g/mol. The van der Waals surface area contributed by atoms with Gasteiger partial charge < -0.3 is 9.84 Å². The first-order chi connectivity index (χ1) is 4.22. The normalized spacial score (nSPS) is 42.9. The van der Waals surface area contributed by atoms with E-state index in [-0.39, 0.29) is 36.3 Å². The molecular formula is C7H9LiO2. The van der Waals surface area contributed by atoms with Gasteiger partial charge in [-0.1, -0.05) is 6.08 Å². The number of hydrogen-bond donors (Lipinski definition) is 0. The third-order valence-electron chi connectivity index (χ3n) is 2.13. The predicted octanol–water partition coefficient (Wildman–Crippen LogP) is -2.81. The molecule has 0 aromatic heterocycles. The van der Waals surface area contributed by atoms with Gasteiger partial charge in [-0.15, -0.1) is 5.76 Å². The molecule has 0 radical (unpaired) electrons. The van der Waals surface area contributed by atoms with Crippen molar-refractivity contribution in [1.82, 2.24) is 0 Å². The number of ether oxygens (including phenoxy) is 1. The van der Waals surface area contributed by atoms with Crippen LogP contribution in [-0.2, 0) is 4.74 Å². The van der Waals surface area contributed by atoms with Gasteiger partial charge in [-0.25, -0.2) is 0 Å². The Morgan fingerprint density at radius 3 is 3.00 bits per heavy atom. The van der Waals surface area contributed by atoms with Crippen LogP contribution in [-0.4, -0.2) is 11.7 Å². The molecule has 1 aliphatic heterocycles. The van der Waals surface area contributed by atoms with Crippen molar-refractivity contribution in [2.75, 3.05) is 0 Å². The minimum absolute atomic E-state index is 0. The van der Waals surface area contributed by atoms with Crippen LogP contribution in [0.15, 0.2) is 11.8 Å². The van der Waals surface area contributed by atoms with E-state index in [1.165, 1.54) is 0 Å². The van der Waals surface area contributed by atoms with Crippen LogP contribution >= 0.6 is 0 Å². The average molecular weight is 132 g/mol. The molecule has 50 valence electrons. The summed E-state index contributed by atoms with van der Waals surface area (Å²) in [5, 5.41) is 10.9. The Morgan fingerprint density at radius 1 is 1.80 bits per heavy atom. The van der Waals surface area contributed by atoms with Gasteiger partial charge in [-0.2, -0.15) is 0 Å². The van der Waals surface area contributed by atoms with Gasteiger partial charge in [0, 0.05) is 0 Å². The van der Waals surface area contributed by atoms with E-state index in [4.69, 9.17) is 4.74 Å². The van der Waals surface area contributed by atoms with Gasteiger partial charge in [-0.3, -0.25) is 0 Å². The fourth-order valence-corrected chi connectivity index (χ4v) is 1.39. The summed E-state index contributed by atoms with van der Waals surface area (Å²) in [5.74, 6) is 0.184. The number of hydrogen-bond acceptors (Lipinski definition) is 2. The van der Waals surface area contributed by atoms with Gasteiger partial charge in [0.25, 0.3) is 0 Å². The van der Waals surface area contributed by atoms with Crippen LogP contribution in [0.5, 0.6) is 0 Å². The van der Waals surface area contributed by atoms with Crippen LogP contribution in [0.4, 0.5) is 0 Å². The number of fused-ring (bicyclic) bond motifs is 1. The molecule has 2 atom stereocenters. The van der Waals surface area contributed by atoms with Crippen LogP contribution in [0.3, 0.4) is 0 Å². The van der Waals surface area contributed by atoms with Gasteiger partial charge in [-0.05, 0) is 19.8 Å². The smallest absolute Gasteiger partial charge is 0.874 e. The third kappa shape index (κ3) is 1.01. The molecule has 0 saturated carbocycles. The SMILES string of the molecule is CC12CCC=C([O-])C1O2.[Li+]. The second kappa shape index (κ2) is 2.30. The van der Waals surface area contributed by atoms with Crippen LogP contribution in [0, 0.1) is 0 Å². The Hall–Kier alpha value is 0.0974. The second-order valence-electron chi connectivity index (χ2n) is 2.96. The number of allylic oxidation sites excluding steroid dienone is 1. The Balaban J connectivity index is 0.000000500. The van der Waals surface area contributed by atoms with E-state index < -0.39 is 0 Å². The molecule has 2 aliphatic rings. The molecule has 0 aromatic carbocycles. The van der Waals surface area contributed by atoms with Crippen LogP contribution in [0.2, 0.25) is 0 Å². The molecule has 2 nitrogen and oxygen atoms in total. The van der Waals surface area contributed by atoms with Gasteiger partial charge >= 0.3 is 18.9 Å². The average Bonchev–Trinajstić information content (AvgIpc) is 2.43. The summed E-state index contributed by atoms with van der Waals surface area (Å²) < 4.78 is 5.20. The van der Waals surface area contributed by atoms with Crippen molar-refractivity contribution < 1.29 is 28.7 Å². The minimum atomic E-state index is -0.0775. The molecule has 3 heteroatoms. The summed E-state index contributed by atoms with van der Waals surface area (Å²) in [7, 11) is 0. The van der Waals surface area contributed by atoms with Crippen molar-refractivity contribution in [3.8, 4) is 0 Å². The van der Waals surface area contributed by atoms with E-state index in [0.717, 1.165) is 12.8 Å². The second-order valence-corrected chi connectivity index (χ2v) is 2.96. The summed E-state index contributed by atoms with van der Waals surface area (Å²) in [4.78, 5) is 0. The fourth-order valence-electron chi connectivity index (χ4n) is 1.39. The van der Waals surface area contributed by atoms with Crippen molar-refractivity contribution in [3.05, 3.63) is 11.8 Å². The first-order valence-electron chi connectivity index (χ1n) is 3.27. The van der Waals surface area contributed by atoms with E-state index >= 15 is 0 Å². The predicted molar refractivity (Wildman–Crippen MR) is 30.6 cm³/mol. The zero-order valence-corrected chi connectivity index (χ0v) is 6.39. The maximum Gasteiger partial charge on any atom is 1.00 e. The fraction of sp³-hybridized carbons (Fsp3) is 0.714. The van der Waals surface area contributed by atoms with E-state index in [1.54, 1.807) is 6.08 Å². The number of rotatable bonds is 0. The molecule has 1 saturated heterocycles. The summed E-state index contributed by atoms with van der Waals surface area (Å²) in [6.07, 6.45) is 3.57. The molecule has 0 N–H and O–H groups in total. The van der Waals surface area contributed by atoms with Crippen molar-refractivity contribution in [3.63, 3.8) is 0 Å². The Kier molecular flexibility index (Phi) is 1.89. The third-order valence-corrected chi connectivity index (χ3v) is 2.13. The van der Waals surface area contributed by atoms with E-state index in [2.05, 4.69) is 0 Å². The molecule has 0 spiro atoms. The molecule has 10 heavy (non-hydrogen) atoms. The molecule has 1 fully saturated rings. The summed E-state index contributed by atoms with van der Waals surface area (Å²) in [5.41, 5.74) is -0.0637. The Labute approximate surface area is 72.4 Å². The maximum absolute atomic E-state index is 10.9. The Morgan fingerprint density at radius 2 is 2.50 bits per heavy atom. The topological polar surface area (TPSA) is 35.6 Å². The van der Waals surface area contributed by atoms with E-state index in [1.807, 2.05) is 6.92 Å². The van der Waals surface area contributed by atoms with Gasteiger partial charge in [0.2, 0.25) is 0 Å². The van der Waals surface area contributed by atoms with Gasteiger partial charge in [0.15, 0.2) is 0 Å². The molecule has 1 heterocycles. The van der Waals surface area contributed by atoms with Crippen molar-refractivity contribution in [1.29, 1.82) is 0 Å². The first-order valence-corrected chi connectivity index (χ1v) is 3.27. The molecule has 0 aromatic rings. The monoisotopic (exact) mass is 132 g/mol. The van der Waals surface area contributed by atoms with Crippen LogP contribution < -0.4 is 24.0 Å². The summed E-state index contributed by atoms with van der Waals surface area (Å²) in [6, 6.07) is 0. The Bertz CT molecular complexity index is 178. The molecule has 0 bridgehead atoms. The van der Waals surface area contributed by atoms with Crippen molar-refractivity contribution >= 4 is 0 Å². The van der Waals surface area contributed by atoms with Crippen LogP contribution in [0.1, 0.15) is 19.8 Å². The minimum Gasteiger partial charge on any atom is -0.874 e. The van der Waals surface area contributed by atoms with E-state index in [0.29, 0.717) is 0 Å².